The van der Waals surface area contributed by atoms with E-state index in [0.29, 0.717) is 12.1 Å². The highest BCUT2D eigenvalue weighted by Crippen LogP contribution is 2.22. The van der Waals surface area contributed by atoms with E-state index in [4.69, 9.17) is 14.2 Å². The molecule has 1 atom stereocenters. The van der Waals surface area contributed by atoms with Gasteiger partial charge in [-0.3, -0.25) is 38.5 Å². The fourth-order valence-corrected chi connectivity index (χ4v) is 4.76. The van der Waals surface area contributed by atoms with Crippen molar-refractivity contribution in [3.05, 3.63) is 59.5 Å². The molecule has 1 aliphatic rings. The predicted molar refractivity (Wildman–Crippen MR) is 167 cm³/mol. The van der Waals surface area contributed by atoms with Crippen LogP contribution in [0.25, 0.3) is 10.7 Å². The van der Waals surface area contributed by atoms with Gasteiger partial charge in [-0.25, -0.2) is 9.78 Å². The Morgan fingerprint density at radius 3 is 1.76 bits per heavy atom. The van der Waals surface area contributed by atoms with E-state index in [1.807, 2.05) is 22.9 Å². The fourth-order valence-electron chi connectivity index (χ4n) is 4.12. The van der Waals surface area contributed by atoms with Crippen LogP contribution in [-0.4, -0.2) is 114 Å². The average Bonchev–Trinajstić information content (AvgIpc) is 3.81. The number of aromatic nitrogens is 3. The zero-order valence-corrected chi connectivity index (χ0v) is 27.0. The Morgan fingerprint density at radius 1 is 0.700 bits per heavy atom. The number of nitrogens with one attached hydrogen (secondary N) is 4. The first kappa shape index (κ1) is 36.7. The summed E-state index contributed by atoms with van der Waals surface area (Å²) >= 11 is 1.46. The number of esters is 4. The first-order valence-corrected chi connectivity index (χ1v) is 15.6. The molecule has 4 rings (SSSR count). The van der Waals surface area contributed by atoms with Crippen LogP contribution in [0.2, 0.25) is 0 Å². The van der Waals surface area contributed by atoms with Crippen molar-refractivity contribution in [3.63, 3.8) is 0 Å². The average molecular weight is 714 g/mol. The summed E-state index contributed by atoms with van der Waals surface area (Å²) in [7, 11) is 0. The Balaban J connectivity index is 1.40. The Morgan fingerprint density at radius 2 is 1.22 bits per heavy atom. The molecular formula is C30H31N7O12S. The Kier molecular flexibility index (Phi) is 13.5. The first-order chi connectivity index (χ1) is 24.0. The van der Waals surface area contributed by atoms with Gasteiger partial charge < -0.3 is 44.8 Å². The van der Waals surface area contributed by atoms with Gasteiger partial charge in [0.25, 0.3) is 23.6 Å². The standard InChI is InChI=1S/C30H31N7O12S/c38-22-13-47-27(43)10-35-24(40)15-49-30(45)20(36-25(41)16-48-28(44)11-34-23(39)14-46-26(42)9-33-22)7-18-1-3-19(4-2-18)12-37-6-5-32-29(37)21-8-31-17-50-21/h1-6,8,17,20H,7,9-16H2,(H,33,38)(H,34,39)(H,35,40)(H,36,41). The summed E-state index contributed by atoms with van der Waals surface area (Å²) in [4.78, 5) is 107. The minimum Gasteiger partial charge on any atom is -0.454 e. The van der Waals surface area contributed by atoms with E-state index in [9.17, 15) is 38.4 Å². The molecule has 4 N–H and O–H groups in total. The quantitative estimate of drug-likeness (QED) is 0.159. The lowest BCUT2D eigenvalue weighted by Gasteiger charge is -2.18. The second-order valence-corrected chi connectivity index (χ2v) is 11.2. The van der Waals surface area contributed by atoms with Crippen molar-refractivity contribution < 1.29 is 57.3 Å². The number of hydrogen-bond acceptors (Lipinski definition) is 15. The summed E-state index contributed by atoms with van der Waals surface area (Å²) in [5.41, 5.74) is 3.23. The first-order valence-electron chi connectivity index (χ1n) is 14.8. The molecule has 3 aromatic rings. The summed E-state index contributed by atoms with van der Waals surface area (Å²) in [5, 5.41) is 8.78. The minimum atomic E-state index is -1.34. The summed E-state index contributed by atoms with van der Waals surface area (Å²) in [6.45, 7) is -4.77. The van der Waals surface area contributed by atoms with Crippen LogP contribution in [-0.2, 0) is 70.3 Å². The van der Waals surface area contributed by atoms with Gasteiger partial charge in [0.2, 0.25) is 0 Å². The van der Waals surface area contributed by atoms with E-state index in [0.717, 1.165) is 16.3 Å². The van der Waals surface area contributed by atoms with Crippen LogP contribution in [0.4, 0.5) is 0 Å². The van der Waals surface area contributed by atoms with Gasteiger partial charge in [-0.1, -0.05) is 24.3 Å². The molecule has 20 heteroatoms. The molecule has 1 saturated heterocycles. The summed E-state index contributed by atoms with van der Waals surface area (Å²) in [6.07, 6.45) is 5.16. The summed E-state index contributed by atoms with van der Waals surface area (Å²) < 4.78 is 21.2. The fraction of sp³-hybridized carbons (Fsp3) is 0.333. The number of ether oxygens (including phenoxy) is 4. The monoisotopic (exact) mass is 713 g/mol. The molecule has 1 fully saturated rings. The van der Waals surface area contributed by atoms with E-state index in [1.165, 1.54) is 11.3 Å². The zero-order valence-electron chi connectivity index (χ0n) is 26.2. The van der Waals surface area contributed by atoms with Gasteiger partial charge in [-0.15, -0.1) is 11.3 Å². The zero-order chi connectivity index (χ0) is 35.9. The molecule has 1 unspecified atom stereocenters. The number of cyclic esters (lactones) is 4. The lowest BCUT2D eigenvalue weighted by Crippen LogP contribution is -2.46. The van der Waals surface area contributed by atoms with Gasteiger partial charge in [0.15, 0.2) is 32.3 Å². The number of amides is 4. The van der Waals surface area contributed by atoms with Crippen molar-refractivity contribution in [1.82, 2.24) is 35.8 Å². The predicted octanol–water partition coefficient (Wildman–Crippen LogP) is -2.38. The van der Waals surface area contributed by atoms with Gasteiger partial charge in [0.05, 0.1) is 10.4 Å². The highest BCUT2D eigenvalue weighted by molar-refractivity contribution is 7.13. The van der Waals surface area contributed by atoms with Crippen molar-refractivity contribution in [2.45, 2.75) is 19.0 Å². The van der Waals surface area contributed by atoms with Crippen molar-refractivity contribution in [3.8, 4) is 10.7 Å². The summed E-state index contributed by atoms with van der Waals surface area (Å²) in [6, 6.07) is 5.79. The Labute approximate surface area is 287 Å². The molecule has 0 radical (unpaired) electrons. The number of rotatable bonds is 5. The highest BCUT2D eigenvalue weighted by Gasteiger charge is 2.25. The molecule has 1 aromatic carbocycles. The molecular weight excluding hydrogens is 682 g/mol. The van der Waals surface area contributed by atoms with Gasteiger partial charge in [0.1, 0.15) is 25.7 Å². The van der Waals surface area contributed by atoms with E-state index in [2.05, 4.69) is 36.0 Å². The molecule has 1 aliphatic heterocycles. The lowest BCUT2D eigenvalue weighted by molar-refractivity contribution is -0.154. The number of imidazole rings is 1. The van der Waals surface area contributed by atoms with Gasteiger partial charge in [0, 0.05) is 31.6 Å². The smallest absolute Gasteiger partial charge is 0.329 e. The SMILES string of the molecule is O=C1COC(=O)CNC(=O)COC(=O)C(Cc2ccc(Cn3ccnc3-c3cncs3)cc2)NC(=O)COC(=O)CNC(=O)COC(=O)CN1. The normalized spacial score (nSPS) is 18.2. The minimum absolute atomic E-state index is 0.0826. The Bertz CT molecular complexity index is 1710. The van der Waals surface area contributed by atoms with Crippen LogP contribution in [0.1, 0.15) is 11.1 Å². The van der Waals surface area contributed by atoms with Gasteiger partial charge >= 0.3 is 23.9 Å². The van der Waals surface area contributed by atoms with Crippen LogP contribution < -0.4 is 21.3 Å². The van der Waals surface area contributed by atoms with E-state index in [-0.39, 0.29) is 6.42 Å². The van der Waals surface area contributed by atoms with E-state index in [1.54, 1.807) is 30.0 Å². The van der Waals surface area contributed by atoms with Crippen LogP contribution in [0.15, 0.2) is 48.4 Å². The second kappa shape index (κ2) is 18.4. The molecule has 264 valence electrons. The number of thiazole rings is 1. The molecule has 0 bridgehead atoms. The third kappa shape index (κ3) is 12.1. The van der Waals surface area contributed by atoms with E-state index >= 15 is 0 Å². The van der Waals surface area contributed by atoms with Gasteiger partial charge in [-0.2, -0.15) is 0 Å². The topological polar surface area (TPSA) is 252 Å². The largest absolute Gasteiger partial charge is 0.454 e. The maximum Gasteiger partial charge on any atom is 0.329 e. The molecule has 19 nitrogen and oxygen atoms in total. The van der Waals surface area contributed by atoms with Crippen molar-refractivity contribution in [2.24, 2.45) is 0 Å². The Hall–Kier alpha value is -6.18. The van der Waals surface area contributed by atoms with Crippen molar-refractivity contribution >= 4 is 58.8 Å². The van der Waals surface area contributed by atoms with Gasteiger partial charge in [-0.05, 0) is 11.1 Å². The number of nitrogens with zero attached hydrogens (tertiary/aromatic N) is 3. The molecule has 4 amide bonds. The van der Waals surface area contributed by atoms with Crippen LogP contribution in [0.3, 0.4) is 0 Å². The van der Waals surface area contributed by atoms with Crippen LogP contribution >= 0.6 is 11.3 Å². The molecule has 0 saturated carbocycles. The van der Waals surface area contributed by atoms with E-state index < -0.39 is 99.6 Å². The molecule has 0 spiro atoms. The second-order valence-electron chi connectivity index (χ2n) is 10.3. The van der Waals surface area contributed by atoms with Crippen LogP contribution in [0, 0.1) is 0 Å². The maximum absolute atomic E-state index is 13.0. The van der Waals surface area contributed by atoms with Crippen LogP contribution in [0.5, 0.6) is 0 Å². The number of hydrogen-bond donors (Lipinski definition) is 4. The van der Waals surface area contributed by atoms with Crippen molar-refractivity contribution in [2.75, 3.05) is 46.1 Å². The molecule has 3 heterocycles. The molecule has 0 aliphatic carbocycles. The highest BCUT2D eigenvalue weighted by atomic mass is 32.1. The maximum atomic E-state index is 13.0. The lowest BCUT2D eigenvalue weighted by atomic mass is 10.0. The van der Waals surface area contributed by atoms with Crippen molar-refractivity contribution in [1.29, 1.82) is 0 Å². The molecule has 2 aromatic heterocycles. The molecule has 50 heavy (non-hydrogen) atoms. The summed E-state index contributed by atoms with van der Waals surface area (Å²) in [5.74, 6) is -6.82. The number of carbonyl (C=O) groups excluding carboxylic acids is 8. The number of benzene rings is 1. The number of carbonyl (C=O) groups is 8. The third-order valence-corrected chi connectivity index (χ3v) is 7.30. The third-order valence-electron chi connectivity index (χ3n) is 6.53.